The summed E-state index contributed by atoms with van der Waals surface area (Å²) >= 11 is 0. The van der Waals surface area contributed by atoms with Crippen LogP contribution in [0.4, 0.5) is 0 Å². The van der Waals surface area contributed by atoms with Gasteiger partial charge in [0.2, 0.25) is 5.79 Å². The van der Waals surface area contributed by atoms with Crippen LogP contribution in [0.5, 0.6) is 5.75 Å². The first-order valence-corrected chi connectivity index (χ1v) is 8.00. The smallest absolute Gasteiger partial charge is 0.275 e. The largest absolute Gasteiger partial charge is 0.458 e. The molecule has 24 heavy (non-hydrogen) atoms. The maximum absolute atomic E-state index is 11.1. The number of rotatable bonds is 8. The van der Waals surface area contributed by atoms with Crippen molar-refractivity contribution >= 4 is 0 Å². The minimum absolute atomic E-state index is 0.192. The molecule has 2 aromatic rings. The lowest BCUT2D eigenvalue weighted by Crippen LogP contribution is -2.33. The summed E-state index contributed by atoms with van der Waals surface area (Å²) in [7, 11) is 0. The van der Waals surface area contributed by atoms with Crippen molar-refractivity contribution in [2.45, 2.75) is 44.4 Å². The van der Waals surface area contributed by atoms with Gasteiger partial charge in [-0.1, -0.05) is 48.5 Å². The van der Waals surface area contributed by atoms with Gasteiger partial charge in [0, 0.05) is 18.4 Å². The Morgan fingerprint density at radius 1 is 0.792 bits per heavy atom. The highest BCUT2D eigenvalue weighted by Gasteiger charge is 2.32. The first-order valence-electron chi connectivity index (χ1n) is 8.00. The minimum atomic E-state index is -2.68. The Hall–Kier alpha value is -1.92. The second kappa shape index (κ2) is 7.77. The highest BCUT2D eigenvalue weighted by molar-refractivity contribution is 5.33. The van der Waals surface area contributed by atoms with Crippen LogP contribution in [0.15, 0.2) is 54.6 Å². The van der Waals surface area contributed by atoms with Crippen LogP contribution in [-0.2, 0) is 5.79 Å². The molecule has 0 spiro atoms. The maximum Gasteiger partial charge on any atom is 0.275 e. The fourth-order valence-corrected chi connectivity index (χ4v) is 2.53. The zero-order chi connectivity index (χ0) is 17.6. The summed E-state index contributed by atoms with van der Waals surface area (Å²) in [5.41, 5.74) is 1.53. The number of hydrogen-bond acceptors (Lipinski definition) is 5. The molecule has 1 unspecified atom stereocenters. The predicted octanol–water partition coefficient (Wildman–Crippen LogP) is 2.41. The molecule has 1 atom stereocenters. The molecule has 0 radical (unpaired) electrons. The number of ether oxygens (including phenoxy) is 1. The van der Waals surface area contributed by atoms with Crippen molar-refractivity contribution < 1.29 is 25.2 Å². The monoisotopic (exact) mass is 332 g/mol. The average Bonchev–Trinajstić information content (AvgIpc) is 2.54. The summed E-state index contributed by atoms with van der Waals surface area (Å²) in [6, 6.07) is 16.5. The maximum atomic E-state index is 11.1. The van der Waals surface area contributed by atoms with Gasteiger partial charge >= 0.3 is 0 Å². The van der Waals surface area contributed by atoms with Crippen molar-refractivity contribution in [1.29, 1.82) is 0 Å². The molecule has 0 aromatic heterocycles. The molecule has 130 valence electrons. The first kappa shape index (κ1) is 18.4. The summed E-state index contributed by atoms with van der Waals surface area (Å²) in [6.45, 7) is 1.90. The first-order chi connectivity index (χ1) is 11.3. The summed E-state index contributed by atoms with van der Waals surface area (Å²) < 4.78 is 5.92. The molecule has 0 heterocycles. The van der Waals surface area contributed by atoms with Crippen LogP contribution in [-0.4, -0.2) is 26.4 Å². The van der Waals surface area contributed by atoms with Crippen molar-refractivity contribution in [3.05, 3.63) is 65.7 Å². The van der Waals surface area contributed by atoms with Gasteiger partial charge in [0.25, 0.3) is 5.97 Å². The number of unbranched alkanes of at least 4 members (excludes halogenated alkanes) is 1. The molecule has 5 heteroatoms. The van der Waals surface area contributed by atoms with E-state index in [-0.39, 0.29) is 12.8 Å². The molecule has 0 saturated heterocycles. The van der Waals surface area contributed by atoms with Crippen LogP contribution in [0, 0.1) is 6.92 Å². The van der Waals surface area contributed by atoms with Gasteiger partial charge in [0.15, 0.2) is 0 Å². The Bertz CT molecular complexity index is 636. The third-order valence-corrected chi connectivity index (χ3v) is 3.88. The van der Waals surface area contributed by atoms with Crippen LogP contribution >= 0.6 is 0 Å². The van der Waals surface area contributed by atoms with E-state index >= 15 is 0 Å². The van der Waals surface area contributed by atoms with Gasteiger partial charge in [-0.05, 0) is 31.4 Å². The molecule has 2 aromatic carbocycles. The minimum Gasteiger partial charge on any atom is -0.458 e. The van der Waals surface area contributed by atoms with Gasteiger partial charge in [-0.3, -0.25) is 0 Å². The van der Waals surface area contributed by atoms with E-state index in [1.165, 1.54) is 0 Å². The molecule has 0 aliphatic heterocycles. The molecule has 0 amide bonds. The molecular formula is C19H24O5. The van der Waals surface area contributed by atoms with Gasteiger partial charge in [-0.15, -0.1) is 0 Å². The molecule has 0 saturated carbocycles. The number of aliphatic hydroxyl groups is 4. The fraction of sp³-hybridized carbons (Fsp3) is 0.368. The van der Waals surface area contributed by atoms with E-state index in [9.17, 15) is 5.11 Å². The Morgan fingerprint density at radius 2 is 1.38 bits per heavy atom. The van der Waals surface area contributed by atoms with Crippen molar-refractivity contribution in [2.24, 2.45) is 0 Å². The Kier molecular flexibility index (Phi) is 5.96. The van der Waals surface area contributed by atoms with E-state index in [2.05, 4.69) is 0 Å². The third-order valence-electron chi connectivity index (χ3n) is 3.88. The molecule has 0 aliphatic carbocycles. The van der Waals surface area contributed by atoms with Crippen molar-refractivity contribution in [3.63, 3.8) is 0 Å². The molecular weight excluding hydrogens is 308 g/mol. The summed E-state index contributed by atoms with van der Waals surface area (Å²) in [4.78, 5) is 0. The molecule has 0 aliphatic rings. The van der Waals surface area contributed by atoms with Crippen LogP contribution in [0.1, 0.15) is 36.8 Å². The number of benzene rings is 2. The Labute approximate surface area is 141 Å². The SMILES string of the molecule is Cc1ccccc1OC(O)(CCCCC(O)(O)O)c1ccccc1. The second-order valence-electron chi connectivity index (χ2n) is 6.00. The van der Waals surface area contributed by atoms with Gasteiger partial charge in [0.05, 0.1) is 0 Å². The van der Waals surface area contributed by atoms with E-state index < -0.39 is 11.8 Å². The lowest BCUT2D eigenvalue weighted by molar-refractivity contribution is -0.315. The summed E-state index contributed by atoms with van der Waals surface area (Å²) in [5.74, 6) is -3.62. The fourth-order valence-electron chi connectivity index (χ4n) is 2.53. The quantitative estimate of drug-likeness (QED) is 0.440. The molecule has 0 fully saturated rings. The number of aryl methyl sites for hydroxylation is 1. The lowest BCUT2D eigenvalue weighted by atomic mass is 9.98. The zero-order valence-corrected chi connectivity index (χ0v) is 13.7. The molecule has 0 bridgehead atoms. The van der Waals surface area contributed by atoms with Gasteiger partial charge < -0.3 is 25.2 Å². The Balaban J connectivity index is 2.15. The van der Waals surface area contributed by atoms with Crippen LogP contribution in [0.25, 0.3) is 0 Å². The average molecular weight is 332 g/mol. The van der Waals surface area contributed by atoms with Gasteiger partial charge in [0.1, 0.15) is 5.75 Å². The lowest BCUT2D eigenvalue weighted by Gasteiger charge is -2.30. The standard InChI is InChI=1S/C19H24O5/c1-15-9-5-6-12-17(15)24-18(20,16-10-3-2-4-11-16)13-7-8-14-19(21,22)23/h2-6,9-12,20-23H,7-8,13-14H2,1H3. The second-order valence-corrected chi connectivity index (χ2v) is 6.00. The highest BCUT2D eigenvalue weighted by atomic mass is 16.7. The van der Waals surface area contributed by atoms with E-state index in [1.54, 1.807) is 18.2 Å². The summed E-state index contributed by atoms with van der Waals surface area (Å²) in [6.07, 6.45) is 0.833. The van der Waals surface area contributed by atoms with Gasteiger partial charge in [-0.2, -0.15) is 0 Å². The van der Waals surface area contributed by atoms with E-state index in [4.69, 9.17) is 20.1 Å². The molecule has 2 rings (SSSR count). The van der Waals surface area contributed by atoms with Crippen molar-refractivity contribution in [3.8, 4) is 5.75 Å². The molecule has 4 N–H and O–H groups in total. The van der Waals surface area contributed by atoms with E-state index in [1.807, 2.05) is 43.3 Å². The Morgan fingerprint density at radius 3 is 2.00 bits per heavy atom. The zero-order valence-electron chi connectivity index (χ0n) is 13.7. The normalized spacial score (nSPS) is 14.2. The topological polar surface area (TPSA) is 90.2 Å². The molecule has 5 nitrogen and oxygen atoms in total. The van der Waals surface area contributed by atoms with Crippen molar-refractivity contribution in [2.75, 3.05) is 0 Å². The number of hydrogen-bond donors (Lipinski definition) is 4. The third kappa shape index (κ3) is 5.32. The van der Waals surface area contributed by atoms with Crippen LogP contribution in [0.3, 0.4) is 0 Å². The summed E-state index contributed by atoms with van der Waals surface area (Å²) in [5, 5.41) is 37.9. The van der Waals surface area contributed by atoms with Gasteiger partial charge in [-0.25, -0.2) is 0 Å². The number of para-hydroxylation sites is 1. The van der Waals surface area contributed by atoms with Crippen molar-refractivity contribution in [1.82, 2.24) is 0 Å². The van der Waals surface area contributed by atoms with Crippen LogP contribution in [0.2, 0.25) is 0 Å². The van der Waals surface area contributed by atoms with E-state index in [0.29, 0.717) is 24.2 Å². The van der Waals surface area contributed by atoms with Crippen LogP contribution < -0.4 is 4.74 Å². The highest BCUT2D eigenvalue weighted by Crippen LogP contribution is 2.32. The van der Waals surface area contributed by atoms with E-state index in [0.717, 1.165) is 5.56 Å². The predicted molar refractivity (Wildman–Crippen MR) is 90.0 cm³/mol.